The number of aliphatic imine (C=N–C) groups is 1. The molecule has 0 spiro atoms. The average molecular weight is 554 g/mol. The molecule has 0 radical (unpaired) electrons. The van der Waals surface area contributed by atoms with Crippen LogP contribution in [0, 0.1) is 0 Å². The van der Waals surface area contributed by atoms with Gasteiger partial charge < -0.3 is 25.0 Å². The van der Waals surface area contributed by atoms with Gasteiger partial charge >= 0.3 is 0 Å². The number of nitrogens with zero attached hydrogens (tertiary/aromatic N) is 4. The van der Waals surface area contributed by atoms with E-state index in [9.17, 15) is 0 Å². The van der Waals surface area contributed by atoms with E-state index in [0.29, 0.717) is 12.6 Å². The number of pyridine rings is 1. The van der Waals surface area contributed by atoms with Crippen LogP contribution in [0.3, 0.4) is 0 Å². The molecule has 1 aromatic heterocycles. The average Bonchev–Trinajstić information content (AvgIpc) is 3.22. The normalized spacial score (nSPS) is 16.3. The Hall–Kier alpha value is -2.27. The zero-order chi connectivity index (χ0) is 22.2. The number of methoxy groups -OCH3 is 2. The summed E-state index contributed by atoms with van der Waals surface area (Å²) in [5.41, 5.74) is 2.32. The number of benzene rings is 1. The minimum absolute atomic E-state index is 0. The van der Waals surface area contributed by atoms with Crippen molar-refractivity contribution in [3.8, 4) is 11.5 Å². The third-order valence-electron chi connectivity index (χ3n) is 5.39. The van der Waals surface area contributed by atoms with Crippen LogP contribution >= 0.6 is 24.0 Å². The molecule has 0 amide bonds. The Bertz CT molecular complexity index is 870. The predicted octanol–water partition coefficient (Wildman–Crippen LogP) is 2.72. The van der Waals surface area contributed by atoms with E-state index in [1.807, 2.05) is 37.3 Å². The van der Waals surface area contributed by atoms with E-state index in [0.717, 1.165) is 54.9 Å². The first-order valence-corrected chi connectivity index (χ1v) is 10.5. The summed E-state index contributed by atoms with van der Waals surface area (Å²) < 4.78 is 10.8. The van der Waals surface area contributed by atoms with Gasteiger partial charge in [0.1, 0.15) is 17.3 Å². The van der Waals surface area contributed by atoms with E-state index in [1.54, 1.807) is 21.3 Å². The number of ether oxygens (including phenoxy) is 2. The molecule has 2 N–H and O–H groups in total. The molecular weight excluding hydrogens is 519 g/mol. The first-order chi connectivity index (χ1) is 15.0. The summed E-state index contributed by atoms with van der Waals surface area (Å²) in [5, 5.41) is 6.98. The Balaban J connectivity index is 0.00000363. The molecule has 2 aromatic rings. The highest BCUT2D eigenvalue weighted by Crippen LogP contribution is 2.24. The fraction of sp³-hybridized carbons (Fsp3) is 0.478. The van der Waals surface area contributed by atoms with E-state index >= 15 is 0 Å². The standard InChI is InChI=1S/C23H34N6O2.HI/c1-24-23(26-14-18-7-6-9-25-22(18)28(2)3)27-19-8-10-29(16-19)15-17-11-20(30-4)13-21(12-17)31-5;/h6-7,9,11-13,19H,8,10,14-16H2,1-5H3,(H2,24,26,27);1H. The predicted molar refractivity (Wildman–Crippen MR) is 141 cm³/mol. The van der Waals surface area contributed by atoms with Gasteiger partial charge in [-0.25, -0.2) is 4.98 Å². The van der Waals surface area contributed by atoms with Crippen molar-refractivity contribution in [3.63, 3.8) is 0 Å². The minimum Gasteiger partial charge on any atom is -0.497 e. The fourth-order valence-corrected chi connectivity index (χ4v) is 3.85. The SMILES string of the molecule is CN=C(NCc1cccnc1N(C)C)NC1CCN(Cc2cc(OC)cc(OC)c2)C1.I. The Kier molecular flexibility index (Phi) is 10.3. The number of aromatic nitrogens is 1. The zero-order valence-corrected chi connectivity index (χ0v) is 21.9. The number of anilines is 1. The molecule has 1 aliphatic heterocycles. The van der Waals surface area contributed by atoms with Crippen molar-refractivity contribution >= 4 is 35.8 Å². The van der Waals surface area contributed by atoms with Crippen molar-refractivity contribution in [1.29, 1.82) is 0 Å². The summed E-state index contributed by atoms with van der Waals surface area (Å²) >= 11 is 0. The highest BCUT2D eigenvalue weighted by atomic mass is 127. The lowest BCUT2D eigenvalue weighted by Gasteiger charge is -2.20. The molecule has 0 bridgehead atoms. The monoisotopic (exact) mass is 554 g/mol. The van der Waals surface area contributed by atoms with E-state index in [4.69, 9.17) is 9.47 Å². The molecule has 176 valence electrons. The van der Waals surface area contributed by atoms with Crippen LogP contribution in [0.25, 0.3) is 0 Å². The summed E-state index contributed by atoms with van der Waals surface area (Å²) in [6.45, 7) is 3.51. The molecule has 1 aromatic carbocycles. The molecule has 0 saturated carbocycles. The number of guanidine groups is 1. The fourth-order valence-electron chi connectivity index (χ4n) is 3.85. The second-order valence-electron chi connectivity index (χ2n) is 7.89. The Morgan fingerprint density at radius 2 is 1.94 bits per heavy atom. The van der Waals surface area contributed by atoms with Crippen molar-refractivity contribution in [2.24, 2.45) is 4.99 Å². The van der Waals surface area contributed by atoms with Gasteiger partial charge in [-0.2, -0.15) is 0 Å². The van der Waals surface area contributed by atoms with Crippen molar-refractivity contribution in [2.45, 2.75) is 25.6 Å². The first kappa shape index (κ1) is 26.0. The Labute approximate surface area is 208 Å². The minimum atomic E-state index is 0. The van der Waals surface area contributed by atoms with Crippen molar-refractivity contribution < 1.29 is 9.47 Å². The number of hydrogen-bond acceptors (Lipinski definition) is 6. The smallest absolute Gasteiger partial charge is 0.191 e. The van der Waals surface area contributed by atoms with Gasteiger partial charge in [0.25, 0.3) is 0 Å². The molecule has 0 aliphatic carbocycles. The highest BCUT2D eigenvalue weighted by Gasteiger charge is 2.23. The second kappa shape index (κ2) is 12.7. The first-order valence-electron chi connectivity index (χ1n) is 10.5. The maximum Gasteiger partial charge on any atom is 0.191 e. The lowest BCUT2D eigenvalue weighted by molar-refractivity contribution is 0.321. The molecule has 1 unspecified atom stereocenters. The van der Waals surface area contributed by atoms with E-state index in [2.05, 4.69) is 43.7 Å². The summed E-state index contributed by atoms with van der Waals surface area (Å²) in [4.78, 5) is 13.3. The number of halogens is 1. The molecule has 1 fully saturated rings. The molecule has 32 heavy (non-hydrogen) atoms. The second-order valence-corrected chi connectivity index (χ2v) is 7.89. The van der Waals surface area contributed by atoms with Crippen LogP contribution in [-0.2, 0) is 13.1 Å². The van der Waals surface area contributed by atoms with Gasteiger partial charge in [-0.15, -0.1) is 24.0 Å². The molecule has 1 aliphatic rings. The van der Waals surface area contributed by atoms with Gasteiger partial charge in [0.2, 0.25) is 0 Å². The van der Waals surface area contributed by atoms with Crippen LogP contribution in [-0.4, -0.2) is 70.3 Å². The zero-order valence-electron chi connectivity index (χ0n) is 19.6. The highest BCUT2D eigenvalue weighted by molar-refractivity contribution is 14.0. The largest absolute Gasteiger partial charge is 0.497 e. The molecule has 3 rings (SSSR count). The van der Waals surface area contributed by atoms with Crippen LogP contribution < -0.4 is 25.0 Å². The van der Waals surface area contributed by atoms with Crippen LogP contribution in [0.15, 0.2) is 41.5 Å². The van der Waals surface area contributed by atoms with Crippen molar-refractivity contribution in [3.05, 3.63) is 47.7 Å². The van der Waals surface area contributed by atoms with Gasteiger partial charge in [-0.3, -0.25) is 9.89 Å². The van der Waals surface area contributed by atoms with E-state index in [1.165, 1.54) is 5.56 Å². The van der Waals surface area contributed by atoms with Gasteiger partial charge in [-0.1, -0.05) is 6.07 Å². The lowest BCUT2D eigenvalue weighted by atomic mass is 10.2. The summed E-state index contributed by atoms with van der Waals surface area (Å²) in [7, 11) is 9.18. The van der Waals surface area contributed by atoms with Crippen LogP contribution in [0.1, 0.15) is 17.5 Å². The summed E-state index contributed by atoms with van der Waals surface area (Å²) in [6.07, 6.45) is 2.88. The number of rotatable bonds is 8. The van der Waals surface area contributed by atoms with E-state index in [-0.39, 0.29) is 24.0 Å². The molecule has 1 saturated heterocycles. The number of likely N-dealkylation sites (tertiary alicyclic amines) is 1. The maximum absolute atomic E-state index is 5.39. The van der Waals surface area contributed by atoms with Gasteiger partial charge in [-0.05, 0) is 30.2 Å². The molecular formula is C23H35IN6O2. The van der Waals surface area contributed by atoms with Crippen LogP contribution in [0.2, 0.25) is 0 Å². The summed E-state index contributed by atoms with van der Waals surface area (Å²) in [6, 6.07) is 10.4. The Morgan fingerprint density at radius 3 is 2.56 bits per heavy atom. The third-order valence-corrected chi connectivity index (χ3v) is 5.39. The van der Waals surface area contributed by atoms with Gasteiger partial charge in [0, 0.05) is 71.2 Å². The quantitative estimate of drug-likeness (QED) is 0.296. The Morgan fingerprint density at radius 1 is 1.22 bits per heavy atom. The topological polar surface area (TPSA) is 74.3 Å². The number of hydrogen-bond donors (Lipinski definition) is 2. The van der Waals surface area contributed by atoms with E-state index < -0.39 is 0 Å². The maximum atomic E-state index is 5.39. The van der Waals surface area contributed by atoms with Crippen molar-refractivity contribution in [1.82, 2.24) is 20.5 Å². The third kappa shape index (κ3) is 7.13. The van der Waals surface area contributed by atoms with Crippen molar-refractivity contribution in [2.75, 3.05) is 53.4 Å². The van der Waals surface area contributed by atoms with Gasteiger partial charge in [0.05, 0.1) is 14.2 Å². The lowest BCUT2D eigenvalue weighted by Crippen LogP contribution is -2.44. The molecule has 2 heterocycles. The molecule has 1 atom stereocenters. The van der Waals surface area contributed by atoms with Crippen LogP contribution in [0.4, 0.5) is 5.82 Å². The van der Waals surface area contributed by atoms with Crippen LogP contribution in [0.5, 0.6) is 11.5 Å². The van der Waals surface area contributed by atoms with Gasteiger partial charge in [0.15, 0.2) is 5.96 Å². The molecule has 8 nitrogen and oxygen atoms in total. The number of nitrogens with one attached hydrogen (secondary N) is 2. The summed E-state index contributed by atoms with van der Waals surface area (Å²) in [5.74, 6) is 3.41. The molecule has 9 heteroatoms.